The van der Waals surface area contributed by atoms with E-state index in [1.54, 1.807) is 0 Å². The lowest BCUT2D eigenvalue weighted by molar-refractivity contribution is 0.667. The highest BCUT2D eigenvalue weighted by Gasteiger charge is 2.04. The molecule has 0 aliphatic heterocycles. The summed E-state index contributed by atoms with van der Waals surface area (Å²) >= 11 is 0. The van der Waals surface area contributed by atoms with Crippen molar-refractivity contribution in [1.29, 1.82) is 0 Å². The normalized spacial score (nSPS) is 11.4. The topological polar surface area (TPSA) is 15.8 Å². The lowest BCUT2D eigenvalue weighted by Crippen LogP contribution is -1.85. The summed E-state index contributed by atoms with van der Waals surface area (Å²) in [5.41, 5.74) is 3.95. The minimum absolute atomic E-state index is 1.20. The fourth-order valence-electron chi connectivity index (χ4n) is 2.81. The standard InChI is InChI=1S/C18H21N/c1-2-3-4-5-8-14-11-12-18-16(13-14)15-9-6-7-10-17(15)19-18/h6-7,9-13,19H,2-5,8H2,1H3. The number of nitrogens with one attached hydrogen (secondary N) is 1. The lowest BCUT2D eigenvalue weighted by Gasteiger charge is -2.01. The molecule has 19 heavy (non-hydrogen) atoms. The van der Waals surface area contributed by atoms with E-state index in [2.05, 4.69) is 54.4 Å². The lowest BCUT2D eigenvalue weighted by atomic mass is 10.0. The molecule has 2 aromatic carbocycles. The Bertz CT molecular complexity index is 678. The number of rotatable bonds is 5. The highest BCUT2D eigenvalue weighted by molar-refractivity contribution is 6.07. The SMILES string of the molecule is CCCCCCc1ccc2[nH]c3ccccc3c2c1. The molecule has 0 amide bonds. The third-order valence-corrected chi connectivity index (χ3v) is 3.89. The number of H-pyrrole nitrogens is 1. The van der Waals surface area contributed by atoms with Crippen molar-refractivity contribution in [3.8, 4) is 0 Å². The van der Waals surface area contributed by atoms with Crippen LogP contribution >= 0.6 is 0 Å². The maximum Gasteiger partial charge on any atom is 0.0465 e. The van der Waals surface area contributed by atoms with Gasteiger partial charge in [-0.3, -0.25) is 0 Å². The minimum atomic E-state index is 1.20. The van der Waals surface area contributed by atoms with Crippen molar-refractivity contribution in [3.63, 3.8) is 0 Å². The first kappa shape index (κ1) is 12.3. The molecule has 0 spiro atoms. The molecule has 0 atom stereocenters. The van der Waals surface area contributed by atoms with Crippen LogP contribution in [0.15, 0.2) is 42.5 Å². The molecule has 98 valence electrons. The van der Waals surface area contributed by atoms with Crippen molar-refractivity contribution >= 4 is 21.8 Å². The van der Waals surface area contributed by atoms with E-state index < -0.39 is 0 Å². The predicted molar refractivity (Wildman–Crippen MR) is 83.7 cm³/mol. The van der Waals surface area contributed by atoms with Crippen molar-refractivity contribution in [1.82, 2.24) is 4.98 Å². The van der Waals surface area contributed by atoms with Gasteiger partial charge in [-0.15, -0.1) is 0 Å². The van der Waals surface area contributed by atoms with Crippen LogP contribution in [0.5, 0.6) is 0 Å². The second kappa shape index (κ2) is 5.48. The van der Waals surface area contributed by atoms with E-state index in [0.717, 1.165) is 0 Å². The second-order valence-electron chi connectivity index (χ2n) is 5.36. The molecule has 0 aliphatic carbocycles. The minimum Gasteiger partial charge on any atom is -0.355 e. The zero-order valence-electron chi connectivity index (χ0n) is 11.6. The van der Waals surface area contributed by atoms with Gasteiger partial charge in [-0.2, -0.15) is 0 Å². The number of aromatic amines is 1. The van der Waals surface area contributed by atoms with Crippen LogP contribution in [0.2, 0.25) is 0 Å². The summed E-state index contributed by atoms with van der Waals surface area (Å²) < 4.78 is 0. The fourth-order valence-corrected chi connectivity index (χ4v) is 2.81. The Morgan fingerprint density at radius 3 is 2.58 bits per heavy atom. The van der Waals surface area contributed by atoms with Crippen molar-refractivity contribution in [2.75, 3.05) is 0 Å². The zero-order chi connectivity index (χ0) is 13.1. The number of hydrogen-bond donors (Lipinski definition) is 1. The monoisotopic (exact) mass is 251 g/mol. The first-order chi connectivity index (χ1) is 9.38. The summed E-state index contributed by atoms with van der Waals surface area (Å²) in [5, 5.41) is 2.71. The Morgan fingerprint density at radius 2 is 1.68 bits per heavy atom. The summed E-state index contributed by atoms with van der Waals surface area (Å²) in [6.07, 6.45) is 6.52. The van der Waals surface area contributed by atoms with Gasteiger partial charge in [0.25, 0.3) is 0 Å². The molecule has 0 radical (unpaired) electrons. The predicted octanol–water partition coefficient (Wildman–Crippen LogP) is 5.44. The van der Waals surface area contributed by atoms with Gasteiger partial charge in [-0.25, -0.2) is 0 Å². The van der Waals surface area contributed by atoms with Gasteiger partial charge in [0.2, 0.25) is 0 Å². The maximum absolute atomic E-state index is 3.48. The molecule has 1 aromatic heterocycles. The van der Waals surface area contributed by atoms with Gasteiger partial charge in [0, 0.05) is 21.8 Å². The van der Waals surface area contributed by atoms with E-state index in [0.29, 0.717) is 0 Å². The molecule has 3 aromatic rings. The van der Waals surface area contributed by atoms with Crippen LogP contribution in [0.25, 0.3) is 21.8 Å². The average Bonchev–Trinajstić information content (AvgIpc) is 2.82. The number of fused-ring (bicyclic) bond motifs is 3. The van der Waals surface area contributed by atoms with Gasteiger partial charge in [0.1, 0.15) is 0 Å². The Labute approximate surface area is 114 Å². The van der Waals surface area contributed by atoms with Crippen molar-refractivity contribution in [2.45, 2.75) is 39.0 Å². The smallest absolute Gasteiger partial charge is 0.0465 e. The third-order valence-electron chi connectivity index (χ3n) is 3.89. The Balaban J connectivity index is 1.89. The Morgan fingerprint density at radius 1 is 0.842 bits per heavy atom. The highest BCUT2D eigenvalue weighted by atomic mass is 14.7. The molecule has 1 N–H and O–H groups in total. The number of aryl methyl sites for hydroxylation is 1. The van der Waals surface area contributed by atoms with Crippen LogP contribution < -0.4 is 0 Å². The van der Waals surface area contributed by atoms with Gasteiger partial charge in [0.15, 0.2) is 0 Å². The molecule has 1 heteroatoms. The van der Waals surface area contributed by atoms with Gasteiger partial charge in [-0.1, -0.05) is 50.5 Å². The molecular weight excluding hydrogens is 230 g/mol. The third kappa shape index (κ3) is 2.51. The molecule has 1 heterocycles. The number of para-hydroxylation sites is 1. The fraction of sp³-hybridized carbons (Fsp3) is 0.333. The molecule has 0 bridgehead atoms. The maximum atomic E-state index is 3.48. The summed E-state index contributed by atoms with van der Waals surface area (Å²) in [5.74, 6) is 0. The van der Waals surface area contributed by atoms with Gasteiger partial charge >= 0.3 is 0 Å². The van der Waals surface area contributed by atoms with E-state index in [1.807, 2.05) is 0 Å². The zero-order valence-corrected chi connectivity index (χ0v) is 11.6. The molecule has 1 nitrogen and oxygen atoms in total. The quantitative estimate of drug-likeness (QED) is 0.581. The molecule has 0 fully saturated rings. The first-order valence-electron chi connectivity index (χ1n) is 7.38. The summed E-state index contributed by atoms with van der Waals surface area (Å²) in [7, 11) is 0. The van der Waals surface area contributed by atoms with Crippen LogP contribution in [0.3, 0.4) is 0 Å². The molecule has 0 unspecified atom stereocenters. The second-order valence-corrected chi connectivity index (χ2v) is 5.36. The summed E-state index contributed by atoms with van der Waals surface area (Å²) in [6.45, 7) is 2.26. The van der Waals surface area contributed by atoms with Crippen molar-refractivity contribution < 1.29 is 0 Å². The van der Waals surface area contributed by atoms with E-state index in [9.17, 15) is 0 Å². The molecule has 3 rings (SSSR count). The highest BCUT2D eigenvalue weighted by Crippen LogP contribution is 2.26. The van der Waals surface area contributed by atoms with E-state index in [1.165, 1.54) is 59.5 Å². The van der Waals surface area contributed by atoms with Gasteiger partial charge in [0.05, 0.1) is 0 Å². The molecule has 0 saturated carbocycles. The van der Waals surface area contributed by atoms with Gasteiger partial charge in [-0.05, 0) is 36.6 Å². The average molecular weight is 251 g/mol. The Kier molecular flexibility index (Phi) is 3.54. The van der Waals surface area contributed by atoms with E-state index >= 15 is 0 Å². The number of hydrogen-bond acceptors (Lipinski definition) is 0. The molecule has 0 aliphatic rings. The van der Waals surface area contributed by atoms with Crippen LogP contribution in [-0.4, -0.2) is 4.98 Å². The Hall–Kier alpha value is -1.76. The van der Waals surface area contributed by atoms with Crippen LogP contribution in [0.1, 0.15) is 38.2 Å². The van der Waals surface area contributed by atoms with Crippen molar-refractivity contribution in [3.05, 3.63) is 48.0 Å². The van der Waals surface area contributed by atoms with Crippen LogP contribution in [0.4, 0.5) is 0 Å². The summed E-state index contributed by atoms with van der Waals surface area (Å²) in [6, 6.07) is 15.4. The van der Waals surface area contributed by atoms with Crippen LogP contribution in [0, 0.1) is 0 Å². The number of unbranched alkanes of at least 4 members (excludes halogenated alkanes) is 3. The van der Waals surface area contributed by atoms with Crippen LogP contribution in [-0.2, 0) is 6.42 Å². The first-order valence-corrected chi connectivity index (χ1v) is 7.38. The number of aromatic nitrogens is 1. The number of benzene rings is 2. The molecule has 0 saturated heterocycles. The van der Waals surface area contributed by atoms with Gasteiger partial charge < -0.3 is 4.98 Å². The van der Waals surface area contributed by atoms with E-state index in [-0.39, 0.29) is 0 Å². The van der Waals surface area contributed by atoms with Crippen molar-refractivity contribution in [2.24, 2.45) is 0 Å². The molecular formula is C18H21N. The largest absolute Gasteiger partial charge is 0.355 e. The van der Waals surface area contributed by atoms with E-state index in [4.69, 9.17) is 0 Å². The summed E-state index contributed by atoms with van der Waals surface area (Å²) in [4.78, 5) is 3.48.